The molecular weight excluding hydrogens is 294 g/mol. The third-order valence-electron chi connectivity index (χ3n) is 3.97. The van der Waals surface area contributed by atoms with Crippen molar-refractivity contribution in [3.63, 3.8) is 0 Å². The molecule has 2 heterocycles. The van der Waals surface area contributed by atoms with Gasteiger partial charge < -0.3 is 4.90 Å². The van der Waals surface area contributed by atoms with Gasteiger partial charge in [0.2, 0.25) is 5.91 Å². The van der Waals surface area contributed by atoms with Gasteiger partial charge in [0.1, 0.15) is 10.9 Å². The number of para-hydroxylation sites is 1. The Balaban J connectivity index is 1.72. The topological polar surface area (TPSA) is 46.1 Å². The fraction of sp³-hybridized carbons (Fsp3) is 0.471. The Morgan fingerprint density at radius 1 is 1.14 bits per heavy atom. The Labute approximate surface area is 135 Å². The standard InChI is InChI=1S/C17H21N3OS/c1-13-18-15-9-5-4-8-14(15)17(19-13)22-12-16(21)20-10-6-2-3-7-11-20/h4-5,8-9H,2-3,6-7,10-12H2,1H3. The van der Waals surface area contributed by atoms with Gasteiger partial charge >= 0.3 is 0 Å². The first kappa shape index (κ1) is 15.3. The van der Waals surface area contributed by atoms with E-state index in [1.165, 1.54) is 24.6 Å². The maximum absolute atomic E-state index is 12.4. The second kappa shape index (κ2) is 7.09. The van der Waals surface area contributed by atoms with Crippen LogP contribution in [0.4, 0.5) is 0 Å². The number of aryl methyl sites for hydroxylation is 1. The number of likely N-dealkylation sites (tertiary alicyclic amines) is 1. The number of carbonyl (C=O) groups excluding carboxylic acids is 1. The molecule has 0 unspecified atom stereocenters. The first-order valence-corrected chi connectivity index (χ1v) is 8.86. The van der Waals surface area contributed by atoms with E-state index in [4.69, 9.17) is 0 Å². The highest BCUT2D eigenvalue weighted by molar-refractivity contribution is 8.00. The van der Waals surface area contributed by atoms with Gasteiger partial charge in [-0.2, -0.15) is 0 Å². The SMILES string of the molecule is Cc1nc(SCC(=O)N2CCCCCC2)c2ccccc2n1. The molecule has 1 aliphatic rings. The van der Waals surface area contributed by atoms with Crippen molar-refractivity contribution in [1.82, 2.24) is 14.9 Å². The molecule has 2 aromatic rings. The third kappa shape index (κ3) is 3.58. The van der Waals surface area contributed by atoms with Crippen molar-refractivity contribution >= 4 is 28.6 Å². The molecule has 0 aliphatic carbocycles. The van der Waals surface area contributed by atoms with Crippen LogP contribution in [0.15, 0.2) is 29.3 Å². The molecular formula is C17H21N3OS. The van der Waals surface area contributed by atoms with Crippen LogP contribution in [0, 0.1) is 6.92 Å². The average molecular weight is 315 g/mol. The molecule has 0 N–H and O–H groups in total. The predicted octanol–water partition coefficient (Wildman–Crippen LogP) is 3.43. The summed E-state index contributed by atoms with van der Waals surface area (Å²) in [6.45, 7) is 3.71. The van der Waals surface area contributed by atoms with Crippen molar-refractivity contribution in [2.45, 2.75) is 37.6 Å². The molecule has 1 fully saturated rings. The van der Waals surface area contributed by atoms with Crippen molar-refractivity contribution in [3.05, 3.63) is 30.1 Å². The summed E-state index contributed by atoms with van der Waals surface area (Å²) in [5.74, 6) is 1.44. The number of aromatic nitrogens is 2. The van der Waals surface area contributed by atoms with Crippen molar-refractivity contribution < 1.29 is 4.79 Å². The van der Waals surface area contributed by atoms with Crippen molar-refractivity contribution in [3.8, 4) is 0 Å². The number of carbonyl (C=O) groups is 1. The van der Waals surface area contributed by atoms with E-state index in [1.54, 1.807) is 0 Å². The summed E-state index contributed by atoms with van der Waals surface area (Å²) in [6.07, 6.45) is 4.75. The Morgan fingerprint density at radius 3 is 2.64 bits per heavy atom. The maximum Gasteiger partial charge on any atom is 0.232 e. The van der Waals surface area contributed by atoms with E-state index in [9.17, 15) is 4.79 Å². The number of hydrogen-bond donors (Lipinski definition) is 0. The van der Waals surface area contributed by atoms with Crippen LogP contribution < -0.4 is 0 Å². The molecule has 116 valence electrons. The zero-order valence-corrected chi connectivity index (χ0v) is 13.7. The third-order valence-corrected chi connectivity index (χ3v) is 4.95. The van der Waals surface area contributed by atoms with Crippen LogP contribution in [0.3, 0.4) is 0 Å². The van der Waals surface area contributed by atoms with Gasteiger partial charge in [-0.25, -0.2) is 9.97 Å². The number of hydrogen-bond acceptors (Lipinski definition) is 4. The van der Waals surface area contributed by atoms with Gasteiger partial charge in [-0.1, -0.05) is 42.8 Å². The number of benzene rings is 1. The minimum Gasteiger partial charge on any atom is -0.342 e. The Hall–Kier alpha value is -1.62. The molecule has 0 atom stereocenters. The van der Waals surface area contributed by atoms with Gasteiger partial charge in [-0.3, -0.25) is 4.79 Å². The molecule has 0 saturated carbocycles. The number of nitrogens with zero attached hydrogens (tertiary/aromatic N) is 3. The monoisotopic (exact) mass is 315 g/mol. The van der Waals surface area contributed by atoms with Crippen LogP contribution in [0.25, 0.3) is 10.9 Å². The van der Waals surface area contributed by atoms with E-state index < -0.39 is 0 Å². The van der Waals surface area contributed by atoms with E-state index in [1.807, 2.05) is 36.1 Å². The van der Waals surface area contributed by atoms with Gasteiger partial charge in [0, 0.05) is 18.5 Å². The molecule has 5 heteroatoms. The summed E-state index contributed by atoms with van der Waals surface area (Å²) >= 11 is 1.53. The van der Waals surface area contributed by atoms with Crippen LogP contribution in [-0.4, -0.2) is 39.6 Å². The summed E-state index contributed by atoms with van der Waals surface area (Å²) in [6, 6.07) is 7.98. The number of fused-ring (bicyclic) bond motifs is 1. The lowest BCUT2D eigenvalue weighted by atomic mass is 10.2. The number of thioether (sulfide) groups is 1. The molecule has 1 aromatic carbocycles. The van der Waals surface area contributed by atoms with E-state index in [2.05, 4.69) is 9.97 Å². The molecule has 4 nitrogen and oxygen atoms in total. The minimum atomic E-state index is 0.229. The highest BCUT2D eigenvalue weighted by Gasteiger charge is 2.16. The lowest BCUT2D eigenvalue weighted by Crippen LogP contribution is -2.33. The molecule has 0 spiro atoms. The second-order valence-electron chi connectivity index (χ2n) is 5.68. The summed E-state index contributed by atoms with van der Waals surface area (Å²) < 4.78 is 0. The van der Waals surface area contributed by atoms with Gasteiger partial charge in [-0.05, 0) is 25.8 Å². The van der Waals surface area contributed by atoms with Gasteiger partial charge in [0.25, 0.3) is 0 Å². The lowest BCUT2D eigenvalue weighted by molar-refractivity contribution is -0.128. The molecule has 1 saturated heterocycles. The number of rotatable bonds is 3. The smallest absolute Gasteiger partial charge is 0.232 e. The van der Waals surface area contributed by atoms with Crippen LogP contribution in [-0.2, 0) is 4.79 Å². The van der Waals surface area contributed by atoms with E-state index in [-0.39, 0.29) is 5.91 Å². The first-order chi connectivity index (χ1) is 10.7. The lowest BCUT2D eigenvalue weighted by Gasteiger charge is -2.20. The van der Waals surface area contributed by atoms with Gasteiger partial charge in [0.15, 0.2) is 0 Å². The van der Waals surface area contributed by atoms with Crippen molar-refractivity contribution in [1.29, 1.82) is 0 Å². The van der Waals surface area contributed by atoms with Crippen LogP contribution in [0.2, 0.25) is 0 Å². The zero-order chi connectivity index (χ0) is 15.4. The fourth-order valence-electron chi connectivity index (χ4n) is 2.81. The summed E-state index contributed by atoms with van der Waals surface area (Å²) in [7, 11) is 0. The van der Waals surface area contributed by atoms with Crippen LogP contribution in [0.1, 0.15) is 31.5 Å². The molecule has 0 radical (unpaired) electrons. The second-order valence-corrected chi connectivity index (χ2v) is 6.64. The predicted molar refractivity (Wildman–Crippen MR) is 90.0 cm³/mol. The minimum absolute atomic E-state index is 0.229. The highest BCUT2D eigenvalue weighted by Crippen LogP contribution is 2.25. The molecule has 1 aromatic heterocycles. The molecule has 1 amide bonds. The summed E-state index contributed by atoms with van der Waals surface area (Å²) in [5, 5.41) is 1.94. The maximum atomic E-state index is 12.4. The Bertz CT molecular complexity index is 666. The highest BCUT2D eigenvalue weighted by atomic mass is 32.2. The van der Waals surface area contributed by atoms with E-state index >= 15 is 0 Å². The van der Waals surface area contributed by atoms with Gasteiger partial charge in [-0.15, -0.1) is 0 Å². The van der Waals surface area contributed by atoms with Crippen LogP contribution >= 0.6 is 11.8 Å². The van der Waals surface area contributed by atoms with E-state index in [0.717, 1.165) is 47.7 Å². The summed E-state index contributed by atoms with van der Waals surface area (Å²) in [5.41, 5.74) is 0.944. The van der Waals surface area contributed by atoms with Gasteiger partial charge in [0.05, 0.1) is 11.3 Å². The molecule has 22 heavy (non-hydrogen) atoms. The normalized spacial score (nSPS) is 15.8. The Morgan fingerprint density at radius 2 is 1.86 bits per heavy atom. The van der Waals surface area contributed by atoms with E-state index in [0.29, 0.717) is 5.75 Å². The van der Waals surface area contributed by atoms with Crippen LogP contribution in [0.5, 0.6) is 0 Å². The summed E-state index contributed by atoms with van der Waals surface area (Å²) in [4.78, 5) is 23.4. The Kier molecular flexibility index (Phi) is 4.93. The van der Waals surface area contributed by atoms with Crippen molar-refractivity contribution in [2.75, 3.05) is 18.8 Å². The zero-order valence-electron chi connectivity index (χ0n) is 12.9. The van der Waals surface area contributed by atoms with Crippen molar-refractivity contribution in [2.24, 2.45) is 0 Å². The number of amides is 1. The quantitative estimate of drug-likeness (QED) is 0.643. The first-order valence-electron chi connectivity index (χ1n) is 7.88. The molecule has 1 aliphatic heterocycles. The average Bonchev–Trinajstić information content (AvgIpc) is 2.81. The molecule has 3 rings (SSSR count). The fourth-order valence-corrected chi connectivity index (χ4v) is 3.78. The largest absolute Gasteiger partial charge is 0.342 e. The molecule has 0 bridgehead atoms.